The van der Waals surface area contributed by atoms with E-state index in [0.29, 0.717) is 0 Å². The summed E-state index contributed by atoms with van der Waals surface area (Å²) >= 11 is 1.75. The normalized spacial score (nSPS) is 17.1. The van der Waals surface area contributed by atoms with E-state index in [-0.39, 0.29) is 5.54 Å². The van der Waals surface area contributed by atoms with Crippen molar-refractivity contribution in [3.63, 3.8) is 0 Å². The van der Waals surface area contributed by atoms with Crippen LogP contribution in [-0.2, 0) is 5.54 Å². The summed E-state index contributed by atoms with van der Waals surface area (Å²) in [5.74, 6) is 0. The summed E-state index contributed by atoms with van der Waals surface area (Å²) in [6.45, 7) is 4.16. The van der Waals surface area contributed by atoms with E-state index < -0.39 is 0 Å². The van der Waals surface area contributed by atoms with Crippen molar-refractivity contribution >= 4 is 11.3 Å². The largest absolute Gasteiger partial charge is 0.321 e. The fourth-order valence-electron chi connectivity index (χ4n) is 2.04. The molecule has 3 rings (SSSR count). The molecule has 1 aliphatic rings. The second-order valence-corrected chi connectivity index (χ2v) is 5.95. The average molecular weight is 244 g/mol. The van der Waals surface area contributed by atoms with Gasteiger partial charge in [-0.1, -0.05) is 29.8 Å². The maximum Gasteiger partial charge on any atom is 0.123 e. The van der Waals surface area contributed by atoms with Crippen LogP contribution in [0.15, 0.2) is 24.3 Å². The second kappa shape index (κ2) is 3.65. The molecule has 17 heavy (non-hydrogen) atoms. The lowest BCUT2D eigenvalue weighted by molar-refractivity contribution is 0.748. The lowest BCUT2D eigenvalue weighted by Gasteiger charge is -2.04. The van der Waals surface area contributed by atoms with Crippen LogP contribution in [-0.4, -0.2) is 4.98 Å². The molecule has 1 heterocycles. The standard InChI is InChI=1S/C14H16N2S/c1-9-3-5-11(6-4-9)13-16-10(2)12(17-13)14(15)7-8-14/h3-6H,7-8,15H2,1-2H3. The molecule has 3 heteroatoms. The van der Waals surface area contributed by atoms with Crippen molar-refractivity contribution < 1.29 is 0 Å². The van der Waals surface area contributed by atoms with Crippen LogP contribution in [0.4, 0.5) is 0 Å². The van der Waals surface area contributed by atoms with Gasteiger partial charge in [0.15, 0.2) is 0 Å². The highest BCUT2D eigenvalue weighted by molar-refractivity contribution is 7.15. The molecule has 1 aromatic heterocycles. The Morgan fingerprint density at radius 2 is 1.82 bits per heavy atom. The van der Waals surface area contributed by atoms with Gasteiger partial charge in [0.1, 0.15) is 5.01 Å². The van der Waals surface area contributed by atoms with Gasteiger partial charge in [-0.15, -0.1) is 11.3 Å². The van der Waals surface area contributed by atoms with Crippen LogP contribution < -0.4 is 5.73 Å². The molecule has 0 atom stereocenters. The zero-order valence-electron chi connectivity index (χ0n) is 10.2. The van der Waals surface area contributed by atoms with Crippen molar-refractivity contribution in [2.45, 2.75) is 32.2 Å². The molecule has 0 saturated heterocycles. The van der Waals surface area contributed by atoms with Crippen LogP contribution in [0.25, 0.3) is 10.6 Å². The van der Waals surface area contributed by atoms with Crippen LogP contribution in [0.1, 0.15) is 29.0 Å². The highest BCUT2D eigenvalue weighted by Crippen LogP contribution is 2.47. The molecule has 0 aliphatic heterocycles. The summed E-state index contributed by atoms with van der Waals surface area (Å²) in [5, 5.41) is 1.09. The second-order valence-electron chi connectivity index (χ2n) is 4.96. The van der Waals surface area contributed by atoms with Gasteiger partial charge in [0, 0.05) is 10.4 Å². The zero-order valence-corrected chi connectivity index (χ0v) is 11.0. The Labute approximate surface area is 106 Å². The number of aromatic nitrogens is 1. The minimum Gasteiger partial charge on any atom is -0.321 e. The Balaban J connectivity index is 2.02. The van der Waals surface area contributed by atoms with Gasteiger partial charge in [-0.25, -0.2) is 4.98 Å². The Bertz CT molecular complexity index is 550. The summed E-state index contributed by atoms with van der Waals surface area (Å²) in [4.78, 5) is 5.93. The molecule has 1 fully saturated rings. The molecule has 0 unspecified atom stereocenters. The average Bonchev–Trinajstić information content (AvgIpc) is 2.91. The molecule has 1 aliphatic carbocycles. The summed E-state index contributed by atoms with van der Waals surface area (Å²) in [5.41, 5.74) is 9.76. The van der Waals surface area contributed by atoms with E-state index in [1.165, 1.54) is 16.0 Å². The van der Waals surface area contributed by atoms with Crippen LogP contribution >= 0.6 is 11.3 Å². The minimum atomic E-state index is -0.0648. The number of hydrogen-bond acceptors (Lipinski definition) is 3. The van der Waals surface area contributed by atoms with Crippen molar-refractivity contribution in [2.24, 2.45) is 5.73 Å². The maximum absolute atomic E-state index is 6.25. The number of hydrogen-bond donors (Lipinski definition) is 1. The first-order valence-electron chi connectivity index (χ1n) is 5.92. The van der Waals surface area contributed by atoms with E-state index in [0.717, 1.165) is 23.5 Å². The molecule has 2 aromatic rings. The number of benzene rings is 1. The quantitative estimate of drug-likeness (QED) is 0.879. The number of nitrogens with two attached hydrogens (primary N) is 1. The number of thiazole rings is 1. The third kappa shape index (κ3) is 1.90. The molecule has 2 N–H and O–H groups in total. The molecule has 0 radical (unpaired) electrons. The molecule has 2 nitrogen and oxygen atoms in total. The van der Waals surface area contributed by atoms with Gasteiger partial charge in [-0.3, -0.25) is 0 Å². The van der Waals surface area contributed by atoms with Crippen molar-refractivity contribution in [1.29, 1.82) is 0 Å². The van der Waals surface area contributed by atoms with E-state index in [2.05, 4.69) is 43.1 Å². The first-order chi connectivity index (χ1) is 8.08. The Morgan fingerprint density at radius 3 is 2.41 bits per heavy atom. The highest BCUT2D eigenvalue weighted by atomic mass is 32.1. The number of rotatable bonds is 2. The van der Waals surface area contributed by atoms with Crippen LogP contribution in [0, 0.1) is 13.8 Å². The molecule has 0 bridgehead atoms. The zero-order chi connectivity index (χ0) is 12.0. The predicted octanol–water partition coefficient (Wildman–Crippen LogP) is 3.37. The van der Waals surface area contributed by atoms with Crippen LogP contribution in [0.2, 0.25) is 0 Å². The Kier molecular flexibility index (Phi) is 2.35. The van der Waals surface area contributed by atoms with E-state index in [9.17, 15) is 0 Å². The molecule has 1 aromatic carbocycles. The third-order valence-electron chi connectivity index (χ3n) is 3.34. The van der Waals surface area contributed by atoms with E-state index in [1.807, 2.05) is 0 Å². The fourth-order valence-corrected chi connectivity index (χ4v) is 3.27. The molecular formula is C14H16N2S. The summed E-state index contributed by atoms with van der Waals surface area (Å²) in [6, 6.07) is 8.52. The fraction of sp³-hybridized carbons (Fsp3) is 0.357. The SMILES string of the molecule is Cc1ccc(-c2nc(C)c(C3(N)CC3)s2)cc1. The van der Waals surface area contributed by atoms with E-state index in [1.54, 1.807) is 11.3 Å². The molecule has 0 amide bonds. The van der Waals surface area contributed by atoms with Gasteiger partial charge in [0.05, 0.1) is 11.2 Å². The van der Waals surface area contributed by atoms with Gasteiger partial charge in [0.25, 0.3) is 0 Å². The van der Waals surface area contributed by atoms with Crippen molar-refractivity contribution in [3.05, 3.63) is 40.4 Å². The number of aryl methyl sites for hydroxylation is 2. The van der Waals surface area contributed by atoms with Gasteiger partial charge < -0.3 is 5.73 Å². The first kappa shape index (κ1) is 10.9. The summed E-state index contributed by atoms with van der Waals surface area (Å²) < 4.78 is 0. The Morgan fingerprint density at radius 1 is 1.18 bits per heavy atom. The predicted molar refractivity (Wildman–Crippen MR) is 72.1 cm³/mol. The van der Waals surface area contributed by atoms with Gasteiger partial charge >= 0.3 is 0 Å². The third-order valence-corrected chi connectivity index (χ3v) is 4.76. The summed E-state index contributed by atoms with van der Waals surface area (Å²) in [6.07, 6.45) is 2.20. The highest BCUT2D eigenvalue weighted by Gasteiger charge is 2.43. The lowest BCUT2D eigenvalue weighted by atomic mass is 10.1. The monoisotopic (exact) mass is 244 g/mol. The Hall–Kier alpha value is -1.19. The van der Waals surface area contributed by atoms with E-state index >= 15 is 0 Å². The topological polar surface area (TPSA) is 38.9 Å². The molecule has 1 saturated carbocycles. The van der Waals surface area contributed by atoms with Gasteiger partial charge in [-0.05, 0) is 26.7 Å². The van der Waals surface area contributed by atoms with Crippen molar-refractivity contribution in [3.8, 4) is 10.6 Å². The first-order valence-corrected chi connectivity index (χ1v) is 6.74. The molecule has 88 valence electrons. The maximum atomic E-state index is 6.25. The van der Waals surface area contributed by atoms with Crippen LogP contribution in [0.5, 0.6) is 0 Å². The lowest BCUT2D eigenvalue weighted by Crippen LogP contribution is -2.18. The van der Waals surface area contributed by atoms with Gasteiger partial charge in [0.2, 0.25) is 0 Å². The summed E-state index contributed by atoms with van der Waals surface area (Å²) in [7, 11) is 0. The number of nitrogens with zero attached hydrogens (tertiary/aromatic N) is 1. The molecule has 0 spiro atoms. The smallest absolute Gasteiger partial charge is 0.123 e. The minimum absolute atomic E-state index is 0.0648. The van der Waals surface area contributed by atoms with Crippen molar-refractivity contribution in [2.75, 3.05) is 0 Å². The van der Waals surface area contributed by atoms with E-state index in [4.69, 9.17) is 5.73 Å². The van der Waals surface area contributed by atoms with Crippen LogP contribution in [0.3, 0.4) is 0 Å². The van der Waals surface area contributed by atoms with Crippen molar-refractivity contribution in [1.82, 2.24) is 4.98 Å². The molecular weight excluding hydrogens is 228 g/mol. The van der Waals surface area contributed by atoms with Gasteiger partial charge in [-0.2, -0.15) is 0 Å².